The summed E-state index contributed by atoms with van der Waals surface area (Å²) in [7, 11) is 0. The number of amides is 1. The van der Waals surface area contributed by atoms with Crippen LogP contribution < -0.4 is 0 Å². The summed E-state index contributed by atoms with van der Waals surface area (Å²) in [5.74, 6) is 1.12. The van der Waals surface area contributed by atoms with Crippen LogP contribution in [0.25, 0.3) is 11.4 Å². The first-order valence-electron chi connectivity index (χ1n) is 8.72. The number of carbonyl (C=O) groups is 1. The first-order valence-corrected chi connectivity index (χ1v) is 8.72. The third-order valence-corrected chi connectivity index (χ3v) is 4.69. The number of aromatic nitrogens is 4. The Morgan fingerprint density at radius 1 is 1.25 bits per heavy atom. The molecule has 1 saturated heterocycles. The van der Waals surface area contributed by atoms with Gasteiger partial charge >= 0.3 is 0 Å². The number of tetrazole rings is 1. The van der Waals surface area contributed by atoms with Gasteiger partial charge in [-0.2, -0.15) is 4.80 Å². The molecule has 1 aromatic heterocycles. The fourth-order valence-electron chi connectivity index (χ4n) is 3.12. The highest BCUT2D eigenvalue weighted by atomic mass is 16.2. The molecule has 0 unspecified atom stereocenters. The predicted molar refractivity (Wildman–Crippen MR) is 92.4 cm³/mol. The largest absolute Gasteiger partial charge is 0.338 e. The number of hydrogen-bond acceptors (Lipinski definition) is 4. The molecule has 24 heavy (non-hydrogen) atoms. The van der Waals surface area contributed by atoms with E-state index in [1.165, 1.54) is 16.8 Å². The van der Waals surface area contributed by atoms with E-state index >= 15 is 0 Å². The Balaban J connectivity index is 1.67. The summed E-state index contributed by atoms with van der Waals surface area (Å²) in [4.78, 5) is 15.8. The lowest BCUT2D eigenvalue weighted by Gasteiger charge is -2.33. The fraction of sp³-hybridized carbons (Fsp3) is 0.556. The van der Waals surface area contributed by atoms with Gasteiger partial charge in [-0.15, -0.1) is 10.2 Å². The van der Waals surface area contributed by atoms with Gasteiger partial charge in [-0.25, -0.2) is 0 Å². The van der Waals surface area contributed by atoms with Crippen molar-refractivity contribution in [2.45, 2.75) is 58.5 Å². The molecule has 0 N–H and O–H groups in total. The van der Waals surface area contributed by atoms with Crippen LogP contribution >= 0.6 is 0 Å². The molecule has 0 radical (unpaired) electrons. The fourth-order valence-corrected chi connectivity index (χ4v) is 3.12. The average molecular weight is 327 g/mol. The Morgan fingerprint density at radius 2 is 2.00 bits per heavy atom. The van der Waals surface area contributed by atoms with E-state index in [0.717, 1.165) is 24.9 Å². The number of nitrogens with zero attached hydrogens (tertiary/aromatic N) is 5. The zero-order chi connectivity index (χ0) is 17.1. The van der Waals surface area contributed by atoms with Crippen molar-refractivity contribution in [3.05, 3.63) is 29.8 Å². The quantitative estimate of drug-likeness (QED) is 0.866. The topological polar surface area (TPSA) is 63.9 Å². The van der Waals surface area contributed by atoms with Crippen LogP contribution in [0.4, 0.5) is 0 Å². The Hall–Kier alpha value is -2.24. The minimum Gasteiger partial charge on any atom is -0.338 e. The lowest BCUT2D eigenvalue weighted by molar-refractivity contribution is -0.135. The van der Waals surface area contributed by atoms with Crippen molar-refractivity contribution in [3.8, 4) is 11.4 Å². The lowest BCUT2D eigenvalue weighted by atomic mass is 10.0. The van der Waals surface area contributed by atoms with Crippen LogP contribution in [0.5, 0.6) is 0 Å². The Kier molecular flexibility index (Phi) is 4.92. The van der Waals surface area contributed by atoms with E-state index in [2.05, 4.69) is 48.3 Å². The number of benzene rings is 1. The summed E-state index contributed by atoms with van der Waals surface area (Å²) in [6, 6.07) is 8.48. The maximum Gasteiger partial charge on any atom is 0.246 e. The van der Waals surface area contributed by atoms with Crippen molar-refractivity contribution in [3.63, 3.8) is 0 Å². The van der Waals surface area contributed by atoms with Gasteiger partial charge in [0.15, 0.2) is 0 Å². The molecule has 1 aromatic carbocycles. The molecule has 1 aliphatic rings. The van der Waals surface area contributed by atoms with Crippen molar-refractivity contribution >= 4 is 5.91 Å². The molecule has 1 aliphatic heterocycles. The van der Waals surface area contributed by atoms with E-state index in [-0.39, 0.29) is 12.5 Å². The first-order chi connectivity index (χ1) is 11.5. The highest BCUT2D eigenvalue weighted by Gasteiger charge is 2.23. The molecule has 0 bridgehead atoms. The zero-order valence-corrected chi connectivity index (χ0v) is 14.6. The maximum atomic E-state index is 12.4. The lowest BCUT2D eigenvalue weighted by Crippen LogP contribution is -2.43. The Bertz CT molecular complexity index is 692. The monoisotopic (exact) mass is 327 g/mol. The molecule has 6 heteroatoms. The van der Waals surface area contributed by atoms with Gasteiger partial charge in [0.05, 0.1) is 0 Å². The van der Waals surface area contributed by atoms with Crippen molar-refractivity contribution in [1.82, 2.24) is 25.1 Å². The SMILES string of the molecule is CC(C)c1ccc(-c2nnn(CC(=O)N3CCCC[C@H]3C)n2)cc1. The van der Waals surface area contributed by atoms with Gasteiger partial charge in [-0.3, -0.25) is 4.79 Å². The summed E-state index contributed by atoms with van der Waals surface area (Å²) in [6.07, 6.45) is 3.35. The third kappa shape index (κ3) is 3.63. The van der Waals surface area contributed by atoms with Crippen LogP contribution in [0.2, 0.25) is 0 Å². The Morgan fingerprint density at radius 3 is 2.67 bits per heavy atom. The highest BCUT2D eigenvalue weighted by molar-refractivity contribution is 5.76. The maximum absolute atomic E-state index is 12.4. The third-order valence-electron chi connectivity index (χ3n) is 4.69. The van der Waals surface area contributed by atoms with Crippen LogP contribution in [-0.4, -0.2) is 43.6 Å². The zero-order valence-electron chi connectivity index (χ0n) is 14.6. The molecular weight excluding hydrogens is 302 g/mol. The van der Waals surface area contributed by atoms with Gasteiger partial charge < -0.3 is 4.90 Å². The standard InChI is InChI=1S/C18H25N5O/c1-13(2)15-7-9-16(10-8-15)18-19-21-23(20-18)12-17(24)22-11-5-4-6-14(22)3/h7-10,13-14H,4-6,11-12H2,1-3H3/t14-/m1/s1. The van der Waals surface area contributed by atoms with Crippen molar-refractivity contribution in [1.29, 1.82) is 0 Å². The van der Waals surface area contributed by atoms with Crippen molar-refractivity contribution in [2.24, 2.45) is 0 Å². The van der Waals surface area contributed by atoms with Gasteiger partial charge in [-0.1, -0.05) is 38.1 Å². The van der Waals surface area contributed by atoms with Crippen LogP contribution in [0.1, 0.15) is 51.5 Å². The van der Waals surface area contributed by atoms with Crippen molar-refractivity contribution < 1.29 is 4.79 Å². The molecule has 1 amide bonds. The van der Waals surface area contributed by atoms with E-state index < -0.39 is 0 Å². The number of rotatable bonds is 4. The van der Waals surface area contributed by atoms with Gasteiger partial charge in [-0.05, 0) is 42.9 Å². The second-order valence-corrected chi connectivity index (χ2v) is 6.85. The van der Waals surface area contributed by atoms with Gasteiger partial charge in [0.2, 0.25) is 11.7 Å². The number of likely N-dealkylation sites (tertiary alicyclic amines) is 1. The smallest absolute Gasteiger partial charge is 0.246 e. The summed E-state index contributed by atoms with van der Waals surface area (Å²) in [5.41, 5.74) is 2.20. The minimum absolute atomic E-state index is 0.0707. The van der Waals surface area contributed by atoms with Gasteiger partial charge in [0, 0.05) is 18.2 Å². The average Bonchev–Trinajstić information content (AvgIpc) is 3.03. The Labute approximate surface area is 142 Å². The molecule has 2 aromatic rings. The number of piperidine rings is 1. The van der Waals surface area contributed by atoms with Gasteiger partial charge in [0.1, 0.15) is 6.54 Å². The van der Waals surface area contributed by atoms with E-state index in [0.29, 0.717) is 17.8 Å². The first kappa shape index (κ1) is 16.6. The molecule has 0 aliphatic carbocycles. The van der Waals surface area contributed by atoms with E-state index in [9.17, 15) is 4.79 Å². The molecule has 1 atom stereocenters. The molecule has 1 fully saturated rings. The molecular formula is C18H25N5O. The number of carbonyl (C=O) groups excluding carboxylic acids is 1. The number of hydrogen-bond donors (Lipinski definition) is 0. The molecule has 0 saturated carbocycles. The predicted octanol–water partition coefficient (Wildman–Crippen LogP) is 2.86. The molecule has 6 nitrogen and oxygen atoms in total. The van der Waals surface area contributed by atoms with Crippen LogP contribution in [0.15, 0.2) is 24.3 Å². The second-order valence-electron chi connectivity index (χ2n) is 6.85. The molecule has 128 valence electrons. The van der Waals surface area contributed by atoms with Crippen LogP contribution in [0.3, 0.4) is 0 Å². The second kappa shape index (κ2) is 7.11. The summed E-state index contributed by atoms with van der Waals surface area (Å²) in [6.45, 7) is 7.42. The van der Waals surface area contributed by atoms with Crippen LogP contribution in [0, 0.1) is 0 Å². The van der Waals surface area contributed by atoms with E-state index in [4.69, 9.17) is 0 Å². The van der Waals surface area contributed by atoms with Crippen LogP contribution in [-0.2, 0) is 11.3 Å². The normalized spacial score (nSPS) is 18.2. The van der Waals surface area contributed by atoms with E-state index in [1.54, 1.807) is 0 Å². The van der Waals surface area contributed by atoms with Crippen molar-refractivity contribution in [2.75, 3.05) is 6.54 Å². The summed E-state index contributed by atoms with van der Waals surface area (Å²) < 4.78 is 0. The molecule has 0 spiro atoms. The molecule has 2 heterocycles. The minimum atomic E-state index is 0.0707. The highest BCUT2D eigenvalue weighted by Crippen LogP contribution is 2.20. The van der Waals surface area contributed by atoms with Gasteiger partial charge in [0.25, 0.3) is 0 Å². The summed E-state index contributed by atoms with van der Waals surface area (Å²) in [5, 5.41) is 12.5. The molecule has 3 rings (SSSR count). The van der Waals surface area contributed by atoms with E-state index in [1.807, 2.05) is 17.0 Å². The summed E-state index contributed by atoms with van der Waals surface area (Å²) >= 11 is 0.